The largest absolute Gasteiger partial charge is 0.461 e. The number of aliphatic hydroxyl groups is 1. The van der Waals surface area contributed by atoms with Gasteiger partial charge in [-0.3, -0.25) is 4.79 Å². The number of rotatable bonds is 5. The van der Waals surface area contributed by atoms with E-state index in [2.05, 4.69) is 25.5 Å². The number of nitrogens with one attached hydrogen (secondary N) is 1. The molecule has 4 aromatic heterocycles. The topological polar surface area (TPSA) is 149 Å². The van der Waals surface area contributed by atoms with E-state index in [-0.39, 0.29) is 17.9 Å². The van der Waals surface area contributed by atoms with E-state index >= 15 is 0 Å². The Morgan fingerprint density at radius 2 is 2.00 bits per heavy atom. The van der Waals surface area contributed by atoms with Gasteiger partial charge >= 0.3 is 0 Å². The van der Waals surface area contributed by atoms with E-state index in [0.717, 1.165) is 12.8 Å². The number of fused-ring (bicyclic) bond motifs is 3. The first-order chi connectivity index (χ1) is 17.0. The fraction of sp³-hybridized carbons (Fsp3) is 0.292. The number of carbonyl (C=O) groups excluding carboxylic acids is 1. The third-order valence-electron chi connectivity index (χ3n) is 6.77. The van der Waals surface area contributed by atoms with E-state index in [0.29, 0.717) is 40.2 Å². The molecule has 11 heteroatoms. The second-order valence-electron chi connectivity index (χ2n) is 8.93. The molecule has 1 aromatic carbocycles. The highest BCUT2D eigenvalue weighted by Crippen LogP contribution is 2.32. The molecule has 4 heterocycles. The van der Waals surface area contributed by atoms with E-state index in [9.17, 15) is 9.90 Å². The highest BCUT2D eigenvalue weighted by Gasteiger charge is 2.42. The molecule has 4 N–H and O–H groups in total. The average molecular weight is 473 g/mol. The molecule has 35 heavy (non-hydrogen) atoms. The SMILES string of the molecule is C[C@](C(=O)N[C@@H]1CCC[C@@H]1O)(c1ccccc1)n1ncc2c1nc(N)n1nc(-c3ccco3)nc21. The number of furan rings is 1. The third-order valence-corrected chi connectivity index (χ3v) is 6.77. The Bertz CT molecular complexity index is 1520. The second-order valence-corrected chi connectivity index (χ2v) is 8.93. The first kappa shape index (κ1) is 21.3. The summed E-state index contributed by atoms with van der Waals surface area (Å²) < 4.78 is 8.42. The zero-order chi connectivity index (χ0) is 24.2. The zero-order valence-electron chi connectivity index (χ0n) is 19.0. The summed E-state index contributed by atoms with van der Waals surface area (Å²) in [6, 6.07) is 12.5. The molecule has 3 atom stereocenters. The Labute approximate surface area is 199 Å². The van der Waals surface area contributed by atoms with Crippen molar-refractivity contribution >= 4 is 28.5 Å². The predicted octanol–water partition coefficient (Wildman–Crippen LogP) is 2.11. The highest BCUT2D eigenvalue weighted by molar-refractivity contribution is 5.94. The number of benzene rings is 1. The van der Waals surface area contributed by atoms with Crippen LogP contribution in [0.1, 0.15) is 31.7 Å². The number of nitrogen functional groups attached to an aromatic ring is 1. The van der Waals surface area contributed by atoms with Gasteiger partial charge in [-0.2, -0.15) is 14.6 Å². The van der Waals surface area contributed by atoms with Crippen molar-refractivity contribution in [1.29, 1.82) is 0 Å². The summed E-state index contributed by atoms with van der Waals surface area (Å²) in [6.45, 7) is 1.78. The van der Waals surface area contributed by atoms with Gasteiger partial charge in [0.15, 0.2) is 22.6 Å². The van der Waals surface area contributed by atoms with Gasteiger partial charge in [-0.05, 0) is 43.9 Å². The minimum atomic E-state index is -1.27. The fourth-order valence-electron chi connectivity index (χ4n) is 4.78. The zero-order valence-corrected chi connectivity index (χ0v) is 19.0. The maximum atomic E-state index is 13.8. The van der Waals surface area contributed by atoms with Crippen LogP contribution in [0.25, 0.3) is 28.3 Å². The normalized spacial score (nSPS) is 19.8. The molecule has 1 fully saturated rings. The van der Waals surface area contributed by atoms with Crippen molar-refractivity contribution < 1.29 is 14.3 Å². The standard InChI is InChI=1S/C24H24N8O3/c1-24(14-7-3-2-4-8-14,22(34)27-16-9-5-10-17(16)33)32-21-15(13-26-32)20-28-19(18-11-6-12-35-18)30-31(20)23(25)29-21/h2-4,6-8,11-13,16-17,33H,5,9-10H2,1H3,(H2,25,29)(H,27,34)/t16-,17+,24-/m1/s1. The van der Waals surface area contributed by atoms with Gasteiger partial charge in [0, 0.05) is 0 Å². The van der Waals surface area contributed by atoms with Crippen LogP contribution in [-0.2, 0) is 10.3 Å². The molecule has 6 rings (SSSR count). The third kappa shape index (κ3) is 3.27. The maximum Gasteiger partial charge on any atom is 0.252 e. The summed E-state index contributed by atoms with van der Waals surface area (Å²) in [5.74, 6) is 0.666. The lowest BCUT2D eigenvalue weighted by molar-refractivity contribution is -0.129. The molecule has 178 valence electrons. The number of anilines is 1. The Morgan fingerprint density at radius 1 is 1.17 bits per heavy atom. The monoisotopic (exact) mass is 472 g/mol. The number of nitrogens with two attached hydrogens (primary N) is 1. The van der Waals surface area contributed by atoms with Crippen LogP contribution in [0.3, 0.4) is 0 Å². The first-order valence-corrected chi connectivity index (χ1v) is 11.5. The smallest absolute Gasteiger partial charge is 0.252 e. The Hall–Kier alpha value is -4.25. The quantitative estimate of drug-likeness (QED) is 0.352. The summed E-state index contributed by atoms with van der Waals surface area (Å²) in [5, 5.41) is 23.0. The molecule has 1 aliphatic rings. The molecule has 0 unspecified atom stereocenters. The Balaban J connectivity index is 1.53. The van der Waals surface area contributed by atoms with E-state index in [1.807, 2.05) is 30.3 Å². The van der Waals surface area contributed by atoms with Gasteiger partial charge in [-0.1, -0.05) is 30.3 Å². The lowest BCUT2D eigenvalue weighted by Crippen LogP contribution is -2.52. The number of aromatic nitrogens is 6. The molecule has 11 nitrogen and oxygen atoms in total. The van der Waals surface area contributed by atoms with Crippen LogP contribution in [0.2, 0.25) is 0 Å². The molecule has 1 aliphatic carbocycles. The minimum Gasteiger partial charge on any atom is -0.461 e. The molecule has 1 saturated carbocycles. The van der Waals surface area contributed by atoms with E-state index < -0.39 is 11.6 Å². The van der Waals surface area contributed by atoms with Crippen molar-refractivity contribution in [3.05, 3.63) is 60.5 Å². The molecule has 0 saturated heterocycles. The van der Waals surface area contributed by atoms with Crippen LogP contribution >= 0.6 is 0 Å². The fourth-order valence-corrected chi connectivity index (χ4v) is 4.78. The Kier molecular flexibility index (Phi) is 4.81. The van der Waals surface area contributed by atoms with E-state index in [1.54, 1.807) is 36.2 Å². The number of carbonyl (C=O) groups is 1. The van der Waals surface area contributed by atoms with Crippen LogP contribution in [-0.4, -0.2) is 52.5 Å². The molecule has 0 aliphatic heterocycles. The van der Waals surface area contributed by atoms with Crippen LogP contribution in [0.5, 0.6) is 0 Å². The van der Waals surface area contributed by atoms with Crippen LogP contribution in [0.15, 0.2) is 59.3 Å². The molecule has 0 bridgehead atoms. The highest BCUT2D eigenvalue weighted by atomic mass is 16.3. The maximum absolute atomic E-state index is 13.8. The summed E-state index contributed by atoms with van der Waals surface area (Å²) in [6.07, 6.45) is 4.83. The molecule has 1 amide bonds. The van der Waals surface area contributed by atoms with Gasteiger partial charge < -0.3 is 20.6 Å². The van der Waals surface area contributed by atoms with Gasteiger partial charge in [0.25, 0.3) is 5.91 Å². The van der Waals surface area contributed by atoms with Crippen molar-refractivity contribution in [3.8, 4) is 11.6 Å². The lowest BCUT2D eigenvalue weighted by atomic mass is 9.90. The lowest BCUT2D eigenvalue weighted by Gasteiger charge is -2.31. The van der Waals surface area contributed by atoms with Crippen molar-refractivity contribution in [3.63, 3.8) is 0 Å². The first-order valence-electron chi connectivity index (χ1n) is 11.5. The number of hydrogen-bond donors (Lipinski definition) is 3. The molecular formula is C24H24N8O3. The summed E-state index contributed by atoms with van der Waals surface area (Å²) in [5.41, 5.74) is 6.56. The number of nitrogens with zero attached hydrogens (tertiary/aromatic N) is 6. The van der Waals surface area contributed by atoms with E-state index in [1.165, 1.54) is 4.52 Å². The number of aliphatic hydroxyl groups excluding tert-OH is 1. The van der Waals surface area contributed by atoms with Crippen molar-refractivity contribution in [2.75, 3.05) is 5.73 Å². The van der Waals surface area contributed by atoms with Crippen LogP contribution in [0.4, 0.5) is 5.95 Å². The van der Waals surface area contributed by atoms with Crippen LogP contribution in [0, 0.1) is 0 Å². The van der Waals surface area contributed by atoms with Gasteiger partial charge in [0.05, 0.1) is 30.0 Å². The van der Waals surface area contributed by atoms with Gasteiger partial charge in [0.2, 0.25) is 11.8 Å². The van der Waals surface area contributed by atoms with Crippen molar-refractivity contribution in [1.82, 2.24) is 34.7 Å². The Morgan fingerprint density at radius 3 is 2.71 bits per heavy atom. The molecule has 0 radical (unpaired) electrons. The van der Waals surface area contributed by atoms with E-state index in [4.69, 9.17) is 10.2 Å². The summed E-state index contributed by atoms with van der Waals surface area (Å²) in [7, 11) is 0. The minimum absolute atomic E-state index is 0.0987. The molecule has 5 aromatic rings. The molecule has 0 spiro atoms. The van der Waals surface area contributed by atoms with Crippen LogP contribution < -0.4 is 11.1 Å². The predicted molar refractivity (Wildman–Crippen MR) is 127 cm³/mol. The molecular weight excluding hydrogens is 448 g/mol. The summed E-state index contributed by atoms with van der Waals surface area (Å²) in [4.78, 5) is 23.0. The van der Waals surface area contributed by atoms with Gasteiger partial charge in [-0.25, -0.2) is 9.67 Å². The number of hydrogen-bond acceptors (Lipinski definition) is 8. The number of amides is 1. The van der Waals surface area contributed by atoms with Crippen molar-refractivity contribution in [2.24, 2.45) is 0 Å². The van der Waals surface area contributed by atoms with Gasteiger partial charge in [0.1, 0.15) is 0 Å². The van der Waals surface area contributed by atoms with Gasteiger partial charge in [-0.15, -0.1) is 5.10 Å². The second kappa shape index (κ2) is 7.91. The summed E-state index contributed by atoms with van der Waals surface area (Å²) >= 11 is 0. The van der Waals surface area contributed by atoms with Crippen molar-refractivity contribution in [2.45, 2.75) is 43.9 Å². The average Bonchev–Trinajstić information content (AvgIpc) is 3.66.